The van der Waals surface area contributed by atoms with Gasteiger partial charge in [-0.15, -0.1) is 11.6 Å². The highest BCUT2D eigenvalue weighted by atomic mass is 35.5. The van der Waals surface area contributed by atoms with Crippen LogP contribution in [0.1, 0.15) is 18.5 Å². The van der Waals surface area contributed by atoms with Crippen molar-refractivity contribution < 1.29 is 9.59 Å². The topological polar surface area (TPSA) is 84.0 Å². The van der Waals surface area contributed by atoms with Gasteiger partial charge in [-0.05, 0) is 6.42 Å². The fraction of sp³-hybridized carbons (Fsp3) is 0.400. The van der Waals surface area contributed by atoms with Gasteiger partial charge in [0.05, 0.1) is 24.0 Å². The average Bonchev–Trinajstić information content (AvgIpc) is 2.34. The number of imide groups is 1. The highest BCUT2D eigenvalue weighted by Gasteiger charge is 2.26. The monoisotopic (exact) mass is 254 g/mol. The number of alkyl halides is 1. The number of piperidine rings is 1. The molecule has 7 heteroatoms. The number of amides is 2. The van der Waals surface area contributed by atoms with Crippen molar-refractivity contribution >= 4 is 29.2 Å². The molecule has 1 aliphatic heterocycles. The minimum absolute atomic E-state index is 0.239. The van der Waals surface area contributed by atoms with Crippen LogP contribution in [0.4, 0.5) is 5.82 Å². The molecule has 0 bridgehead atoms. The summed E-state index contributed by atoms with van der Waals surface area (Å²) in [7, 11) is 0. The van der Waals surface area contributed by atoms with Crippen LogP contribution in [0.15, 0.2) is 12.4 Å². The van der Waals surface area contributed by atoms with E-state index in [1.54, 1.807) is 6.20 Å². The molecule has 1 aromatic heterocycles. The van der Waals surface area contributed by atoms with Gasteiger partial charge >= 0.3 is 0 Å². The first-order valence-corrected chi connectivity index (χ1v) is 5.69. The molecule has 1 aliphatic rings. The van der Waals surface area contributed by atoms with E-state index in [0.29, 0.717) is 30.2 Å². The Morgan fingerprint density at radius 1 is 1.41 bits per heavy atom. The van der Waals surface area contributed by atoms with Crippen molar-refractivity contribution in [3.05, 3.63) is 18.1 Å². The minimum atomic E-state index is -0.441. The van der Waals surface area contributed by atoms with E-state index in [1.807, 2.05) is 0 Å². The van der Waals surface area contributed by atoms with Crippen LogP contribution in [0.25, 0.3) is 0 Å². The highest BCUT2D eigenvalue weighted by Crippen LogP contribution is 2.11. The maximum atomic E-state index is 11.5. The Morgan fingerprint density at radius 2 is 2.24 bits per heavy atom. The molecule has 1 atom stereocenters. The maximum absolute atomic E-state index is 11.5. The summed E-state index contributed by atoms with van der Waals surface area (Å²) in [6.45, 7) is 0. The van der Waals surface area contributed by atoms with Crippen LogP contribution in [0.2, 0.25) is 0 Å². The molecule has 0 saturated carbocycles. The van der Waals surface area contributed by atoms with Crippen molar-refractivity contribution in [2.45, 2.75) is 24.8 Å². The number of rotatable bonds is 3. The van der Waals surface area contributed by atoms with Crippen LogP contribution < -0.4 is 10.6 Å². The van der Waals surface area contributed by atoms with Gasteiger partial charge < -0.3 is 5.32 Å². The number of hydrogen-bond acceptors (Lipinski definition) is 5. The van der Waals surface area contributed by atoms with Crippen molar-refractivity contribution in [2.24, 2.45) is 0 Å². The predicted molar refractivity (Wildman–Crippen MR) is 61.4 cm³/mol. The number of carbonyl (C=O) groups is 2. The van der Waals surface area contributed by atoms with Crippen LogP contribution in [-0.4, -0.2) is 27.8 Å². The molecular formula is C10H11ClN4O2. The molecule has 1 saturated heterocycles. The molecule has 1 aromatic rings. The second kappa shape index (κ2) is 5.09. The SMILES string of the molecule is O=C1CCC(Nc2cnc(CCl)cn2)C(=O)N1. The van der Waals surface area contributed by atoms with Crippen LogP contribution in [0, 0.1) is 0 Å². The van der Waals surface area contributed by atoms with Crippen molar-refractivity contribution in [3.8, 4) is 0 Å². The molecule has 2 heterocycles. The van der Waals surface area contributed by atoms with E-state index in [1.165, 1.54) is 6.20 Å². The summed E-state index contributed by atoms with van der Waals surface area (Å²) in [5.41, 5.74) is 0.667. The van der Waals surface area contributed by atoms with Crippen LogP contribution in [-0.2, 0) is 15.5 Å². The second-order valence-corrected chi connectivity index (χ2v) is 3.94. The van der Waals surface area contributed by atoms with Crippen LogP contribution in [0.5, 0.6) is 0 Å². The number of nitrogens with zero attached hydrogens (tertiary/aromatic N) is 2. The molecule has 0 radical (unpaired) electrons. The zero-order chi connectivity index (χ0) is 12.3. The Bertz CT molecular complexity index is 434. The van der Waals surface area contributed by atoms with E-state index in [2.05, 4.69) is 20.6 Å². The third-order valence-electron chi connectivity index (χ3n) is 2.40. The van der Waals surface area contributed by atoms with Gasteiger partial charge in [-0.2, -0.15) is 0 Å². The standard InChI is InChI=1S/C10H11ClN4O2/c11-3-6-4-13-8(5-12-6)14-7-1-2-9(16)15-10(7)17/h4-5,7H,1-3H2,(H,13,14)(H,15,16,17). The molecule has 0 aromatic carbocycles. The van der Waals surface area contributed by atoms with Gasteiger partial charge in [0.15, 0.2) is 0 Å². The van der Waals surface area contributed by atoms with Gasteiger partial charge in [-0.25, -0.2) is 4.98 Å². The number of anilines is 1. The Labute approximate surface area is 103 Å². The fourth-order valence-corrected chi connectivity index (χ4v) is 1.65. The largest absolute Gasteiger partial charge is 0.357 e. The highest BCUT2D eigenvalue weighted by molar-refractivity contribution is 6.16. The number of aromatic nitrogens is 2. The summed E-state index contributed by atoms with van der Waals surface area (Å²) in [5.74, 6) is 0.223. The number of carbonyl (C=O) groups excluding carboxylic acids is 2. The molecular weight excluding hydrogens is 244 g/mol. The van der Waals surface area contributed by atoms with E-state index in [-0.39, 0.29) is 11.8 Å². The Hall–Kier alpha value is -1.69. The summed E-state index contributed by atoms with van der Waals surface area (Å²) in [6.07, 6.45) is 3.85. The lowest BCUT2D eigenvalue weighted by molar-refractivity contribution is -0.133. The molecule has 1 fully saturated rings. The Morgan fingerprint density at radius 3 is 2.82 bits per heavy atom. The molecule has 1 unspecified atom stereocenters. The Balaban J connectivity index is 2.00. The lowest BCUT2D eigenvalue weighted by Gasteiger charge is -2.21. The fourth-order valence-electron chi connectivity index (χ4n) is 1.51. The summed E-state index contributed by atoms with van der Waals surface area (Å²) < 4.78 is 0. The van der Waals surface area contributed by atoms with Gasteiger partial charge in [0.25, 0.3) is 0 Å². The first kappa shape index (κ1) is 11.8. The maximum Gasteiger partial charge on any atom is 0.249 e. The average molecular weight is 255 g/mol. The van der Waals surface area contributed by atoms with E-state index in [0.717, 1.165) is 0 Å². The zero-order valence-corrected chi connectivity index (χ0v) is 9.70. The van der Waals surface area contributed by atoms with Crippen molar-refractivity contribution in [2.75, 3.05) is 5.32 Å². The lowest BCUT2D eigenvalue weighted by Crippen LogP contribution is -2.47. The molecule has 2 N–H and O–H groups in total. The molecule has 2 amide bonds. The molecule has 0 spiro atoms. The van der Waals surface area contributed by atoms with Crippen molar-refractivity contribution in [1.82, 2.24) is 15.3 Å². The summed E-state index contributed by atoms with van der Waals surface area (Å²) >= 11 is 5.59. The molecule has 0 aliphatic carbocycles. The molecule has 2 rings (SSSR count). The smallest absolute Gasteiger partial charge is 0.249 e. The molecule has 17 heavy (non-hydrogen) atoms. The first-order chi connectivity index (χ1) is 8.19. The van der Waals surface area contributed by atoms with Gasteiger partial charge in [0.1, 0.15) is 11.9 Å². The van der Waals surface area contributed by atoms with Crippen molar-refractivity contribution in [1.29, 1.82) is 0 Å². The summed E-state index contributed by atoms with van der Waals surface area (Å²) in [6, 6.07) is -0.441. The third kappa shape index (κ3) is 2.91. The van der Waals surface area contributed by atoms with E-state index < -0.39 is 6.04 Å². The Kier molecular flexibility index (Phi) is 3.53. The summed E-state index contributed by atoms with van der Waals surface area (Å²) in [4.78, 5) is 30.5. The summed E-state index contributed by atoms with van der Waals surface area (Å²) in [5, 5.41) is 5.18. The first-order valence-electron chi connectivity index (χ1n) is 5.16. The van der Waals surface area contributed by atoms with Crippen LogP contribution >= 0.6 is 11.6 Å². The number of halogens is 1. The van der Waals surface area contributed by atoms with E-state index >= 15 is 0 Å². The second-order valence-electron chi connectivity index (χ2n) is 3.67. The molecule has 6 nitrogen and oxygen atoms in total. The van der Waals surface area contributed by atoms with Crippen LogP contribution in [0.3, 0.4) is 0 Å². The number of nitrogens with one attached hydrogen (secondary N) is 2. The third-order valence-corrected chi connectivity index (χ3v) is 2.68. The number of hydrogen-bond donors (Lipinski definition) is 2. The van der Waals surface area contributed by atoms with E-state index in [9.17, 15) is 9.59 Å². The molecule has 90 valence electrons. The van der Waals surface area contributed by atoms with Gasteiger partial charge in [0.2, 0.25) is 11.8 Å². The normalized spacial score (nSPS) is 19.9. The zero-order valence-electron chi connectivity index (χ0n) is 8.94. The van der Waals surface area contributed by atoms with Gasteiger partial charge in [-0.3, -0.25) is 19.9 Å². The van der Waals surface area contributed by atoms with Gasteiger partial charge in [-0.1, -0.05) is 0 Å². The van der Waals surface area contributed by atoms with Gasteiger partial charge in [0, 0.05) is 6.42 Å². The van der Waals surface area contributed by atoms with E-state index in [4.69, 9.17) is 11.6 Å². The minimum Gasteiger partial charge on any atom is -0.357 e. The van der Waals surface area contributed by atoms with Crippen molar-refractivity contribution in [3.63, 3.8) is 0 Å². The predicted octanol–water partition coefficient (Wildman–Crippen LogP) is 0.432. The lowest BCUT2D eigenvalue weighted by atomic mass is 10.1. The quantitative estimate of drug-likeness (QED) is 0.604.